The number of halogens is 1. The van der Waals surface area contributed by atoms with Crippen LogP contribution in [0, 0.1) is 17.1 Å². The standard InChI is InChI=1S/C25H22FN3O3/c1-32-25(31)21-9-11-23(12-10-21)28-24(30)17-29(16-20-3-2-4-22(26)13-20)15-19-7-5-18(14-27)6-8-19/h2-13H,15-17H2,1H3,(H,28,30). The van der Waals surface area contributed by atoms with Gasteiger partial charge in [0.25, 0.3) is 0 Å². The van der Waals surface area contributed by atoms with E-state index in [0.29, 0.717) is 29.9 Å². The van der Waals surface area contributed by atoms with E-state index in [2.05, 4.69) is 16.1 Å². The van der Waals surface area contributed by atoms with E-state index in [-0.39, 0.29) is 18.3 Å². The van der Waals surface area contributed by atoms with Crippen molar-refractivity contribution in [2.75, 3.05) is 19.0 Å². The van der Waals surface area contributed by atoms with Gasteiger partial charge in [-0.2, -0.15) is 5.26 Å². The van der Waals surface area contributed by atoms with Crippen LogP contribution in [0.2, 0.25) is 0 Å². The summed E-state index contributed by atoms with van der Waals surface area (Å²) in [5.41, 5.74) is 3.16. The molecular formula is C25H22FN3O3. The second kappa shape index (κ2) is 10.8. The highest BCUT2D eigenvalue weighted by atomic mass is 19.1. The van der Waals surface area contributed by atoms with Crippen molar-refractivity contribution < 1.29 is 18.7 Å². The summed E-state index contributed by atoms with van der Waals surface area (Å²) < 4.78 is 18.3. The third-order valence-corrected chi connectivity index (χ3v) is 4.74. The number of esters is 1. The molecule has 0 saturated heterocycles. The van der Waals surface area contributed by atoms with Crippen LogP contribution in [-0.2, 0) is 22.6 Å². The maximum atomic E-state index is 13.6. The lowest BCUT2D eigenvalue weighted by Crippen LogP contribution is -2.32. The predicted molar refractivity (Wildman–Crippen MR) is 118 cm³/mol. The Bertz CT molecular complexity index is 1120. The molecule has 3 aromatic carbocycles. The fourth-order valence-corrected chi connectivity index (χ4v) is 3.22. The highest BCUT2D eigenvalue weighted by Gasteiger charge is 2.14. The molecule has 0 heterocycles. The molecule has 0 aliphatic rings. The smallest absolute Gasteiger partial charge is 0.337 e. The Labute approximate surface area is 185 Å². The Morgan fingerprint density at radius 1 is 1.00 bits per heavy atom. The van der Waals surface area contributed by atoms with Gasteiger partial charge in [-0.1, -0.05) is 24.3 Å². The third kappa shape index (κ3) is 6.49. The number of methoxy groups -OCH3 is 1. The van der Waals surface area contributed by atoms with E-state index >= 15 is 0 Å². The molecule has 162 valence electrons. The van der Waals surface area contributed by atoms with Gasteiger partial charge in [0.1, 0.15) is 5.82 Å². The first-order chi connectivity index (χ1) is 15.5. The normalized spacial score (nSPS) is 10.4. The fraction of sp³-hybridized carbons (Fsp3) is 0.160. The number of carbonyl (C=O) groups excluding carboxylic acids is 2. The molecule has 3 rings (SSSR count). The topological polar surface area (TPSA) is 82.4 Å². The minimum atomic E-state index is -0.452. The van der Waals surface area contributed by atoms with Crippen molar-refractivity contribution in [3.63, 3.8) is 0 Å². The first-order valence-electron chi connectivity index (χ1n) is 9.91. The van der Waals surface area contributed by atoms with Gasteiger partial charge >= 0.3 is 5.97 Å². The lowest BCUT2D eigenvalue weighted by molar-refractivity contribution is -0.117. The third-order valence-electron chi connectivity index (χ3n) is 4.74. The molecule has 0 atom stereocenters. The average Bonchev–Trinajstić information content (AvgIpc) is 2.79. The zero-order chi connectivity index (χ0) is 22.9. The molecule has 0 saturated carbocycles. The van der Waals surface area contributed by atoms with E-state index in [1.807, 2.05) is 17.0 Å². The van der Waals surface area contributed by atoms with Crippen molar-refractivity contribution in [1.29, 1.82) is 5.26 Å². The summed E-state index contributed by atoms with van der Waals surface area (Å²) in [5.74, 6) is -1.04. The second-order valence-electron chi connectivity index (χ2n) is 7.20. The number of rotatable bonds is 8. The molecule has 0 bridgehead atoms. The second-order valence-corrected chi connectivity index (χ2v) is 7.20. The van der Waals surface area contributed by atoms with Gasteiger partial charge in [-0.05, 0) is 59.7 Å². The minimum Gasteiger partial charge on any atom is -0.465 e. The highest BCUT2D eigenvalue weighted by molar-refractivity contribution is 5.94. The molecule has 3 aromatic rings. The summed E-state index contributed by atoms with van der Waals surface area (Å²) in [6.45, 7) is 0.874. The minimum absolute atomic E-state index is 0.0647. The van der Waals surface area contributed by atoms with Crippen molar-refractivity contribution in [1.82, 2.24) is 4.90 Å². The Morgan fingerprint density at radius 2 is 1.69 bits per heavy atom. The highest BCUT2D eigenvalue weighted by Crippen LogP contribution is 2.14. The molecule has 0 radical (unpaired) electrons. The van der Waals surface area contributed by atoms with Crippen LogP contribution in [0.25, 0.3) is 0 Å². The molecule has 32 heavy (non-hydrogen) atoms. The van der Waals surface area contributed by atoms with Crippen molar-refractivity contribution in [2.45, 2.75) is 13.1 Å². The van der Waals surface area contributed by atoms with Crippen molar-refractivity contribution in [3.05, 3.63) is 101 Å². The van der Waals surface area contributed by atoms with Gasteiger partial charge in [0.15, 0.2) is 0 Å². The van der Waals surface area contributed by atoms with E-state index in [4.69, 9.17) is 5.26 Å². The first kappa shape index (κ1) is 22.7. The Hall–Kier alpha value is -4.02. The summed E-state index contributed by atoms with van der Waals surface area (Å²) in [6, 6.07) is 21.8. The summed E-state index contributed by atoms with van der Waals surface area (Å²) in [4.78, 5) is 26.1. The maximum Gasteiger partial charge on any atom is 0.337 e. The molecule has 1 N–H and O–H groups in total. The maximum absolute atomic E-state index is 13.6. The fourth-order valence-electron chi connectivity index (χ4n) is 3.22. The number of nitrogens with one attached hydrogen (secondary N) is 1. The predicted octanol–water partition coefficient (Wildman–Crippen LogP) is 4.12. The van der Waals surface area contributed by atoms with E-state index in [9.17, 15) is 14.0 Å². The molecule has 1 amide bonds. The molecule has 0 aromatic heterocycles. The van der Waals surface area contributed by atoms with E-state index in [0.717, 1.165) is 11.1 Å². The number of ether oxygens (including phenoxy) is 1. The van der Waals surface area contributed by atoms with Crippen LogP contribution in [0.5, 0.6) is 0 Å². The number of hydrogen-bond donors (Lipinski definition) is 1. The summed E-state index contributed by atoms with van der Waals surface area (Å²) in [7, 11) is 1.30. The zero-order valence-electron chi connectivity index (χ0n) is 17.5. The first-order valence-corrected chi connectivity index (χ1v) is 9.91. The van der Waals surface area contributed by atoms with E-state index in [1.54, 1.807) is 48.5 Å². The van der Waals surface area contributed by atoms with Crippen molar-refractivity contribution in [2.24, 2.45) is 0 Å². The van der Waals surface area contributed by atoms with Gasteiger partial charge in [-0.25, -0.2) is 9.18 Å². The van der Waals surface area contributed by atoms with Crippen LogP contribution < -0.4 is 5.32 Å². The lowest BCUT2D eigenvalue weighted by atomic mass is 10.1. The van der Waals surface area contributed by atoms with Crippen LogP contribution in [0.3, 0.4) is 0 Å². The Kier molecular flexibility index (Phi) is 7.68. The van der Waals surface area contributed by atoms with E-state index < -0.39 is 5.97 Å². The Balaban J connectivity index is 1.70. The summed E-state index contributed by atoms with van der Waals surface area (Å²) in [6.07, 6.45) is 0. The van der Waals surface area contributed by atoms with Crippen LogP contribution in [0.15, 0.2) is 72.8 Å². The number of hydrogen-bond acceptors (Lipinski definition) is 5. The van der Waals surface area contributed by atoms with Gasteiger partial charge in [-0.15, -0.1) is 0 Å². The summed E-state index contributed by atoms with van der Waals surface area (Å²) >= 11 is 0. The molecule has 0 spiro atoms. The van der Waals surface area contributed by atoms with Gasteiger partial charge in [0, 0.05) is 18.8 Å². The summed E-state index contributed by atoms with van der Waals surface area (Å²) in [5, 5.41) is 11.8. The van der Waals surface area contributed by atoms with Gasteiger partial charge in [-0.3, -0.25) is 9.69 Å². The van der Waals surface area contributed by atoms with Crippen molar-refractivity contribution >= 4 is 17.6 Å². The quantitative estimate of drug-likeness (QED) is 0.543. The van der Waals surface area contributed by atoms with Gasteiger partial charge in [0.05, 0.1) is 30.9 Å². The van der Waals surface area contributed by atoms with Crippen LogP contribution >= 0.6 is 0 Å². The van der Waals surface area contributed by atoms with Crippen LogP contribution in [0.1, 0.15) is 27.0 Å². The molecule has 0 aliphatic heterocycles. The molecular weight excluding hydrogens is 409 g/mol. The lowest BCUT2D eigenvalue weighted by Gasteiger charge is -2.22. The number of amides is 1. The van der Waals surface area contributed by atoms with Gasteiger partial charge < -0.3 is 10.1 Å². The molecule has 7 heteroatoms. The molecule has 6 nitrogen and oxygen atoms in total. The van der Waals surface area contributed by atoms with Crippen LogP contribution in [0.4, 0.5) is 10.1 Å². The number of nitriles is 1. The average molecular weight is 431 g/mol. The van der Waals surface area contributed by atoms with Gasteiger partial charge in [0.2, 0.25) is 5.91 Å². The molecule has 0 unspecified atom stereocenters. The largest absolute Gasteiger partial charge is 0.465 e. The SMILES string of the molecule is COC(=O)c1ccc(NC(=O)CN(Cc2ccc(C#N)cc2)Cc2cccc(F)c2)cc1. The van der Waals surface area contributed by atoms with E-state index in [1.165, 1.54) is 19.2 Å². The van der Waals surface area contributed by atoms with Crippen molar-refractivity contribution in [3.8, 4) is 6.07 Å². The number of nitrogens with zero attached hydrogens (tertiary/aromatic N) is 2. The zero-order valence-corrected chi connectivity index (χ0v) is 17.5. The molecule has 0 aliphatic carbocycles. The number of carbonyl (C=O) groups is 2. The monoisotopic (exact) mass is 431 g/mol. The number of anilines is 1. The Morgan fingerprint density at radius 3 is 2.31 bits per heavy atom. The number of benzene rings is 3. The van der Waals surface area contributed by atoms with Crippen LogP contribution in [-0.4, -0.2) is 30.4 Å². The molecule has 0 fully saturated rings.